The number of hydrogen-bond donors (Lipinski definition) is 0. The van der Waals surface area contributed by atoms with Crippen molar-refractivity contribution in [2.24, 2.45) is 0 Å². The van der Waals surface area contributed by atoms with Crippen molar-refractivity contribution in [3.63, 3.8) is 0 Å². The molecule has 1 aliphatic rings. The standard InChI is InChI=1S/C25H31ClN4O4S2/c1-4-29(5-2)36(32,33)21-8-6-19(7-9-21)24(31)30(11-10-28-12-14-34-15-13-28)25-27-23-18(3)16-20(26)17-22(23)35-25/h6-9,16-17H,4-5,10-15H2,1-3H3. The van der Waals surface area contributed by atoms with Gasteiger partial charge in [-0.05, 0) is 48.9 Å². The number of fused-ring (bicyclic) bond motifs is 1. The first-order valence-electron chi connectivity index (χ1n) is 12.0. The van der Waals surface area contributed by atoms with Gasteiger partial charge in [0.05, 0.1) is 28.3 Å². The van der Waals surface area contributed by atoms with Crippen LogP contribution in [-0.2, 0) is 14.8 Å². The summed E-state index contributed by atoms with van der Waals surface area (Å²) in [6, 6.07) is 9.89. The van der Waals surface area contributed by atoms with Crippen molar-refractivity contribution in [2.75, 3.05) is 57.4 Å². The molecule has 0 radical (unpaired) electrons. The summed E-state index contributed by atoms with van der Waals surface area (Å²) in [6.45, 7) is 10.4. The van der Waals surface area contributed by atoms with Crippen LogP contribution in [0.5, 0.6) is 0 Å². The monoisotopic (exact) mass is 550 g/mol. The SMILES string of the molecule is CCN(CC)S(=O)(=O)c1ccc(C(=O)N(CCN2CCOCC2)c2nc3c(C)cc(Cl)cc3s2)cc1. The fourth-order valence-corrected chi connectivity index (χ4v) is 7.15. The van der Waals surface area contributed by atoms with E-state index in [1.165, 1.54) is 27.8 Å². The normalized spacial score (nSPS) is 15.0. The van der Waals surface area contributed by atoms with Crippen molar-refractivity contribution in [3.8, 4) is 0 Å². The van der Waals surface area contributed by atoms with Crippen LogP contribution in [-0.4, -0.2) is 81.0 Å². The average Bonchev–Trinajstić information content (AvgIpc) is 3.29. The third kappa shape index (κ3) is 5.74. The van der Waals surface area contributed by atoms with Crippen LogP contribution in [0, 0.1) is 6.92 Å². The Balaban J connectivity index is 1.65. The van der Waals surface area contributed by atoms with Crippen molar-refractivity contribution in [3.05, 3.63) is 52.5 Å². The molecule has 1 saturated heterocycles. The average molecular weight is 551 g/mol. The minimum absolute atomic E-state index is 0.174. The number of anilines is 1. The van der Waals surface area contributed by atoms with Gasteiger partial charge < -0.3 is 4.74 Å². The Morgan fingerprint density at radius 3 is 2.44 bits per heavy atom. The van der Waals surface area contributed by atoms with E-state index < -0.39 is 10.0 Å². The predicted octanol–water partition coefficient (Wildman–Crippen LogP) is 4.27. The van der Waals surface area contributed by atoms with Crippen LogP contribution < -0.4 is 4.90 Å². The molecule has 1 aromatic heterocycles. The van der Waals surface area contributed by atoms with Crippen molar-refractivity contribution in [1.29, 1.82) is 0 Å². The molecule has 4 rings (SSSR count). The molecule has 36 heavy (non-hydrogen) atoms. The molecule has 0 bridgehead atoms. The summed E-state index contributed by atoms with van der Waals surface area (Å²) in [5.74, 6) is -0.224. The lowest BCUT2D eigenvalue weighted by atomic mass is 10.2. The maximum atomic E-state index is 13.7. The molecule has 0 atom stereocenters. The van der Waals surface area contributed by atoms with Crippen molar-refractivity contribution >= 4 is 54.2 Å². The molecule has 0 spiro atoms. The number of amides is 1. The summed E-state index contributed by atoms with van der Waals surface area (Å²) in [5, 5.41) is 1.22. The number of aryl methyl sites for hydroxylation is 1. The number of nitrogens with zero attached hydrogens (tertiary/aromatic N) is 4. The zero-order valence-corrected chi connectivity index (χ0v) is 23.1. The lowest BCUT2D eigenvalue weighted by Gasteiger charge is -2.29. The number of carbonyl (C=O) groups excluding carboxylic acids is 1. The third-order valence-electron chi connectivity index (χ3n) is 6.30. The zero-order valence-electron chi connectivity index (χ0n) is 20.7. The highest BCUT2D eigenvalue weighted by atomic mass is 35.5. The fourth-order valence-electron chi connectivity index (χ4n) is 4.25. The second-order valence-corrected chi connectivity index (χ2v) is 12.0. The number of aromatic nitrogens is 1. The first kappa shape index (κ1) is 27.0. The molecule has 194 valence electrons. The highest BCUT2D eigenvalue weighted by Gasteiger charge is 2.25. The highest BCUT2D eigenvalue weighted by molar-refractivity contribution is 7.89. The molecule has 2 aromatic carbocycles. The third-order valence-corrected chi connectivity index (χ3v) is 9.61. The molecule has 11 heteroatoms. The molecule has 1 fully saturated rings. The molecular formula is C25H31ClN4O4S2. The van der Waals surface area contributed by atoms with Gasteiger partial charge in [0.15, 0.2) is 5.13 Å². The van der Waals surface area contributed by atoms with E-state index in [0.29, 0.717) is 55.1 Å². The Hall–Kier alpha value is -2.08. The molecule has 0 aliphatic carbocycles. The molecule has 2 heterocycles. The molecule has 0 saturated carbocycles. The topological polar surface area (TPSA) is 83.1 Å². The zero-order chi connectivity index (χ0) is 25.9. The summed E-state index contributed by atoms with van der Waals surface area (Å²) < 4.78 is 33.5. The molecule has 1 aliphatic heterocycles. The van der Waals surface area contributed by atoms with E-state index in [-0.39, 0.29) is 10.8 Å². The Morgan fingerprint density at radius 1 is 1.14 bits per heavy atom. The quantitative estimate of drug-likeness (QED) is 0.396. The fraction of sp³-hybridized carbons (Fsp3) is 0.440. The maximum absolute atomic E-state index is 13.7. The minimum Gasteiger partial charge on any atom is -0.379 e. The molecule has 3 aromatic rings. The Kier molecular flexibility index (Phi) is 8.64. The van der Waals surface area contributed by atoms with Gasteiger partial charge >= 0.3 is 0 Å². The summed E-state index contributed by atoms with van der Waals surface area (Å²) >= 11 is 7.68. The van der Waals surface area contributed by atoms with E-state index in [0.717, 1.165) is 28.9 Å². The van der Waals surface area contributed by atoms with E-state index in [9.17, 15) is 13.2 Å². The van der Waals surface area contributed by atoms with Crippen molar-refractivity contribution in [1.82, 2.24) is 14.2 Å². The number of carbonyl (C=O) groups is 1. The predicted molar refractivity (Wildman–Crippen MR) is 145 cm³/mol. The lowest BCUT2D eigenvalue weighted by molar-refractivity contribution is 0.0391. The van der Waals surface area contributed by atoms with Gasteiger partial charge in [0, 0.05) is 49.9 Å². The first-order valence-corrected chi connectivity index (χ1v) is 14.7. The van der Waals surface area contributed by atoms with Crippen LogP contribution in [0.4, 0.5) is 5.13 Å². The number of thiazole rings is 1. The molecule has 8 nitrogen and oxygen atoms in total. The number of ether oxygens (including phenoxy) is 1. The number of halogens is 1. The van der Waals surface area contributed by atoms with E-state index in [2.05, 4.69) is 4.90 Å². The van der Waals surface area contributed by atoms with Gasteiger partial charge in [-0.2, -0.15) is 4.31 Å². The van der Waals surface area contributed by atoms with E-state index in [4.69, 9.17) is 21.3 Å². The van der Waals surface area contributed by atoms with Gasteiger partial charge in [-0.15, -0.1) is 0 Å². The smallest absolute Gasteiger partial charge is 0.260 e. The molecule has 1 amide bonds. The van der Waals surface area contributed by atoms with Gasteiger partial charge in [-0.3, -0.25) is 14.6 Å². The molecular weight excluding hydrogens is 520 g/mol. The molecule has 0 unspecified atom stereocenters. The Bertz CT molecular complexity index is 1320. The van der Waals surface area contributed by atoms with Gasteiger partial charge in [0.1, 0.15) is 0 Å². The number of rotatable bonds is 9. The number of hydrogen-bond acceptors (Lipinski definition) is 7. The van der Waals surface area contributed by atoms with Gasteiger partial charge in [-0.1, -0.05) is 36.8 Å². The second kappa shape index (κ2) is 11.5. The van der Waals surface area contributed by atoms with Crippen molar-refractivity contribution in [2.45, 2.75) is 25.7 Å². The van der Waals surface area contributed by atoms with Crippen LogP contribution >= 0.6 is 22.9 Å². The van der Waals surface area contributed by atoms with Gasteiger partial charge in [-0.25, -0.2) is 13.4 Å². The van der Waals surface area contributed by atoms with E-state index in [1.807, 2.05) is 19.1 Å². The highest BCUT2D eigenvalue weighted by Crippen LogP contribution is 2.33. The Labute approximate surface area is 221 Å². The van der Waals surface area contributed by atoms with E-state index in [1.54, 1.807) is 30.9 Å². The summed E-state index contributed by atoms with van der Waals surface area (Å²) in [4.78, 5) is 22.6. The number of morpholine rings is 1. The van der Waals surface area contributed by atoms with Crippen LogP contribution in [0.3, 0.4) is 0 Å². The summed E-state index contributed by atoms with van der Waals surface area (Å²) in [5.41, 5.74) is 2.18. The van der Waals surface area contributed by atoms with Crippen molar-refractivity contribution < 1.29 is 17.9 Å². The number of benzene rings is 2. The summed E-state index contributed by atoms with van der Waals surface area (Å²) in [7, 11) is -3.60. The minimum atomic E-state index is -3.60. The lowest BCUT2D eigenvalue weighted by Crippen LogP contribution is -2.43. The largest absolute Gasteiger partial charge is 0.379 e. The maximum Gasteiger partial charge on any atom is 0.260 e. The van der Waals surface area contributed by atoms with Crippen LogP contribution in [0.1, 0.15) is 29.8 Å². The molecule has 0 N–H and O–H groups in total. The van der Waals surface area contributed by atoms with Crippen LogP contribution in [0.2, 0.25) is 5.02 Å². The first-order chi connectivity index (χ1) is 17.2. The second-order valence-electron chi connectivity index (χ2n) is 8.59. The van der Waals surface area contributed by atoms with Gasteiger partial charge in [0.2, 0.25) is 10.0 Å². The van der Waals surface area contributed by atoms with Gasteiger partial charge in [0.25, 0.3) is 5.91 Å². The Morgan fingerprint density at radius 2 is 1.81 bits per heavy atom. The van der Waals surface area contributed by atoms with E-state index >= 15 is 0 Å². The van der Waals surface area contributed by atoms with Crippen LogP contribution in [0.25, 0.3) is 10.2 Å². The number of sulfonamides is 1. The summed E-state index contributed by atoms with van der Waals surface area (Å²) in [6.07, 6.45) is 0. The van der Waals surface area contributed by atoms with Crippen LogP contribution in [0.15, 0.2) is 41.3 Å².